The molecule has 2 N–H and O–H groups in total. The van der Waals surface area contributed by atoms with Crippen LogP contribution in [0.1, 0.15) is 43.7 Å². The molecule has 18 heavy (non-hydrogen) atoms. The van der Waals surface area contributed by atoms with Gasteiger partial charge in [-0.1, -0.05) is 31.0 Å². The van der Waals surface area contributed by atoms with E-state index in [9.17, 15) is 0 Å². The van der Waals surface area contributed by atoms with Crippen molar-refractivity contribution in [1.82, 2.24) is 5.32 Å². The number of hydrogen-bond donors (Lipinski definition) is 2. The molecule has 0 saturated heterocycles. The first-order valence-corrected chi connectivity index (χ1v) is 7.42. The maximum Gasteiger partial charge on any atom is 0.0419 e. The lowest BCUT2D eigenvalue weighted by molar-refractivity contribution is 0.381. The fourth-order valence-electron chi connectivity index (χ4n) is 3.45. The normalized spacial score (nSPS) is 20.7. The van der Waals surface area contributed by atoms with Crippen LogP contribution in [0.2, 0.25) is 0 Å². The molecule has 0 amide bonds. The van der Waals surface area contributed by atoms with E-state index >= 15 is 0 Å². The first kappa shape index (κ1) is 12.0. The molecule has 0 radical (unpaired) electrons. The maximum atomic E-state index is 3.73. The van der Waals surface area contributed by atoms with Crippen LogP contribution < -0.4 is 10.6 Å². The van der Waals surface area contributed by atoms with Crippen molar-refractivity contribution in [1.29, 1.82) is 0 Å². The van der Waals surface area contributed by atoms with Gasteiger partial charge in [0.1, 0.15) is 0 Å². The summed E-state index contributed by atoms with van der Waals surface area (Å²) in [4.78, 5) is 0. The molecule has 1 aliphatic carbocycles. The molecule has 0 bridgehead atoms. The van der Waals surface area contributed by atoms with Crippen LogP contribution in [-0.2, 0) is 13.0 Å². The molecule has 1 aromatic carbocycles. The van der Waals surface area contributed by atoms with Crippen LogP contribution in [0.15, 0.2) is 18.2 Å². The Hall–Kier alpha value is -1.02. The Balaban J connectivity index is 1.61. The Kier molecular flexibility index (Phi) is 3.55. The fourth-order valence-corrected chi connectivity index (χ4v) is 3.45. The third-order valence-corrected chi connectivity index (χ3v) is 4.65. The second-order valence-corrected chi connectivity index (χ2v) is 5.84. The summed E-state index contributed by atoms with van der Waals surface area (Å²) < 4.78 is 0. The zero-order valence-corrected chi connectivity index (χ0v) is 11.3. The minimum absolute atomic E-state index is 0.657. The molecule has 98 valence electrons. The molecule has 1 saturated carbocycles. The van der Waals surface area contributed by atoms with E-state index in [1.54, 1.807) is 0 Å². The Morgan fingerprint density at radius 1 is 1.33 bits per heavy atom. The molecule has 2 aliphatic rings. The minimum Gasteiger partial charge on any atom is -0.384 e. The quantitative estimate of drug-likeness (QED) is 0.849. The predicted molar refractivity (Wildman–Crippen MR) is 76.9 cm³/mol. The standard InChI is InChI=1S/C16H24N2/c1-12(13-5-2-3-6-13)18-11-15-8-4-7-14-9-10-17-16(14)15/h4,7-8,12-13,17-18H,2-3,5-6,9-11H2,1H3/t12-/m0/s1. The number of rotatable bonds is 4. The van der Waals surface area contributed by atoms with Crippen LogP contribution in [0.3, 0.4) is 0 Å². The summed E-state index contributed by atoms with van der Waals surface area (Å²) in [5.74, 6) is 0.898. The molecule has 0 unspecified atom stereocenters. The molecular weight excluding hydrogens is 220 g/mol. The molecule has 0 aromatic heterocycles. The number of benzene rings is 1. The van der Waals surface area contributed by atoms with E-state index in [-0.39, 0.29) is 0 Å². The van der Waals surface area contributed by atoms with E-state index in [4.69, 9.17) is 0 Å². The number of hydrogen-bond acceptors (Lipinski definition) is 2. The van der Waals surface area contributed by atoms with E-state index in [1.165, 1.54) is 48.9 Å². The van der Waals surface area contributed by atoms with Crippen molar-refractivity contribution in [3.05, 3.63) is 29.3 Å². The van der Waals surface area contributed by atoms with Crippen LogP contribution in [-0.4, -0.2) is 12.6 Å². The predicted octanol–water partition coefficient (Wildman–Crippen LogP) is 3.32. The summed E-state index contributed by atoms with van der Waals surface area (Å²) in [6.45, 7) is 4.46. The zero-order chi connectivity index (χ0) is 12.4. The van der Waals surface area contributed by atoms with Gasteiger partial charge in [-0.05, 0) is 43.2 Å². The summed E-state index contributed by atoms with van der Waals surface area (Å²) in [6, 6.07) is 7.36. The van der Waals surface area contributed by atoms with Crippen molar-refractivity contribution in [2.75, 3.05) is 11.9 Å². The van der Waals surface area contributed by atoms with Gasteiger partial charge in [0, 0.05) is 24.8 Å². The van der Waals surface area contributed by atoms with Crippen molar-refractivity contribution in [3.63, 3.8) is 0 Å². The minimum atomic E-state index is 0.657. The summed E-state index contributed by atoms with van der Waals surface area (Å²) in [6.07, 6.45) is 6.87. The van der Waals surface area contributed by atoms with Crippen molar-refractivity contribution in [2.24, 2.45) is 5.92 Å². The van der Waals surface area contributed by atoms with Crippen molar-refractivity contribution >= 4 is 5.69 Å². The molecule has 3 rings (SSSR count). The highest BCUT2D eigenvalue weighted by Gasteiger charge is 2.21. The smallest absolute Gasteiger partial charge is 0.0419 e. The molecule has 2 heteroatoms. The molecule has 1 heterocycles. The SMILES string of the molecule is C[C@H](NCc1cccc2c1NCC2)C1CCCC1. The first-order valence-electron chi connectivity index (χ1n) is 7.42. The third kappa shape index (κ3) is 2.39. The van der Waals surface area contributed by atoms with Crippen LogP contribution in [0.25, 0.3) is 0 Å². The average Bonchev–Trinajstić information content (AvgIpc) is 3.05. The van der Waals surface area contributed by atoms with E-state index in [2.05, 4.69) is 35.8 Å². The molecular formula is C16H24N2. The fraction of sp³-hybridized carbons (Fsp3) is 0.625. The van der Waals surface area contributed by atoms with Gasteiger partial charge in [0.2, 0.25) is 0 Å². The van der Waals surface area contributed by atoms with Crippen LogP contribution in [0.4, 0.5) is 5.69 Å². The van der Waals surface area contributed by atoms with Crippen molar-refractivity contribution in [3.8, 4) is 0 Å². The molecule has 1 aromatic rings. The highest BCUT2D eigenvalue weighted by Crippen LogP contribution is 2.29. The topological polar surface area (TPSA) is 24.1 Å². The molecule has 2 nitrogen and oxygen atoms in total. The average molecular weight is 244 g/mol. The van der Waals surface area contributed by atoms with Gasteiger partial charge in [-0.2, -0.15) is 0 Å². The van der Waals surface area contributed by atoms with Gasteiger partial charge in [0.15, 0.2) is 0 Å². The van der Waals surface area contributed by atoms with Gasteiger partial charge in [-0.15, -0.1) is 0 Å². The maximum absolute atomic E-state index is 3.73. The second kappa shape index (κ2) is 5.31. The highest BCUT2D eigenvalue weighted by atomic mass is 14.9. The number of fused-ring (bicyclic) bond motifs is 1. The highest BCUT2D eigenvalue weighted by molar-refractivity contribution is 5.61. The van der Waals surface area contributed by atoms with Crippen molar-refractivity contribution < 1.29 is 0 Å². The second-order valence-electron chi connectivity index (χ2n) is 5.84. The van der Waals surface area contributed by atoms with Gasteiger partial charge in [0.05, 0.1) is 0 Å². The Morgan fingerprint density at radius 2 is 2.17 bits per heavy atom. The first-order chi connectivity index (χ1) is 8.84. The zero-order valence-electron chi connectivity index (χ0n) is 11.3. The van der Waals surface area contributed by atoms with Crippen LogP contribution >= 0.6 is 0 Å². The molecule has 1 aliphatic heterocycles. The van der Waals surface area contributed by atoms with E-state index < -0.39 is 0 Å². The third-order valence-electron chi connectivity index (χ3n) is 4.65. The number of anilines is 1. The van der Waals surface area contributed by atoms with Gasteiger partial charge >= 0.3 is 0 Å². The molecule has 0 spiro atoms. The number of nitrogens with one attached hydrogen (secondary N) is 2. The lowest BCUT2D eigenvalue weighted by atomic mass is 9.99. The Morgan fingerprint density at radius 3 is 3.00 bits per heavy atom. The summed E-state index contributed by atoms with van der Waals surface area (Å²) in [7, 11) is 0. The van der Waals surface area contributed by atoms with E-state index in [1.807, 2.05) is 0 Å². The summed E-state index contributed by atoms with van der Waals surface area (Å²) >= 11 is 0. The summed E-state index contributed by atoms with van der Waals surface area (Å²) in [5, 5.41) is 7.25. The van der Waals surface area contributed by atoms with Gasteiger partial charge in [-0.25, -0.2) is 0 Å². The summed E-state index contributed by atoms with van der Waals surface area (Å²) in [5.41, 5.74) is 4.32. The van der Waals surface area contributed by atoms with Crippen LogP contribution in [0.5, 0.6) is 0 Å². The Labute approximate surface area is 110 Å². The monoisotopic (exact) mass is 244 g/mol. The van der Waals surface area contributed by atoms with Gasteiger partial charge < -0.3 is 10.6 Å². The number of para-hydroxylation sites is 1. The largest absolute Gasteiger partial charge is 0.384 e. The van der Waals surface area contributed by atoms with Crippen LogP contribution in [0, 0.1) is 5.92 Å². The lowest BCUT2D eigenvalue weighted by Gasteiger charge is -2.21. The molecule has 1 fully saturated rings. The van der Waals surface area contributed by atoms with E-state index in [0.717, 1.165) is 19.0 Å². The Bertz CT molecular complexity index is 408. The van der Waals surface area contributed by atoms with Gasteiger partial charge in [-0.3, -0.25) is 0 Å². The lowest BCUT2D eigenvalue weighted by Crippen LogP contribution is -2.31. The van der Waals surface area contributed by atoms with Gasteiger partial charge in [0.25, 0.3) is 0 Å². The van der Waals surface area contributed by atoms with E-state index in [0.29, 0.717) is 6.04 Å². The molecule has 1 atom stereocenters. The van der Waals surface area contributed by atoms with Crippen molar-refractivity contribution in [2.45, 2.75) is 51.6 Å².